The number of hydrogen-bond acceptors (Lipinski definition) is 2. The van der Waals surface area contributed by atoms with Gasteiger partial charge in [0.25, 0.3) is 0 Å². The molecule has 0 spiro atoms. The van der Waals surface area contributed by atoms with Gasteiger partial charge in [0.15, 0.2) is 5.79 Å². The van der Waals surface area contributed by atoms with E-state index in [1.54, 1.807) is 0 Å². The fourth-order valence-corrected chi connectivity index (χ4v) is 6.36. The Bertz CT molecular complexity index is 484. The molecule has 3 fully saturated rings. The highest BCUT2D eigenvalue weighted by atomic mass is 16.8. The summed E-state index contributed by atoms with van der Waals surface area (Å²) in [4.78, 5) is 0. The average Bonchev–Trinajstić information content (AvgIpc) is 2.81. The molecule has 0 unspecified atom stereocenters. The molecule has 1 heterocycles. The molecule has 6 atom stereocenters. The molecule has 2 saturated carbocycles. The van der Waals surface area contributed by atoms with E-state index in [4.69, 9.17) is 9.47 Å². The molecular formula is C21H36O2. The second kappa shape index (κ2) is 5.33. The van der Waals surface area contributed by atoms with Crippen molar-refractivity contribution in [2.24, 2.45) is 22.7 Å². The van der Waals surface area contributed by atoms with Crippen LogP contribution in [0.5, 0.6) is 0 Å². The van der Waals surface area contributed by atoms with Gasteiger partial charge in [-0.15, -0.1) is 6.58 Å². The highest BCUT2D eigenvalue weighted by molar-refractivity contribution is 5.10. The summed E-state index contributed by atoms with van der Waals surface area (Å²) in [5, 5.41) is 0. The molecule has 2 nitrogen and oxygen atoms in total. The van der Waals surface area contributed by atoms with Crippen molar-refractivity contribution in [1.29, 1.82) is 0 Å². The minimum Gasteiger partial charge on any atom is -0.344 e. The van der Waals surface area contributed by atoms with Crippen LogP contribution in [0.2, 0.25) is 0 Å². The summed E-state index contributed by atoms with van der Waals surface area (Å²) in [6.45, 7) is 18.2. The highest BCUT2D eigenvalue weighted by Gasteiger charge is 2.62. The summed E-state index contributed by atoms with van der Waals surface area (Å²) >= 11 is 0. The fourth-order valence-electron chi connectivity index (χ4n) is 6.36. The van der Waals surface area contributed by atoms with Crippen molar-refractivity contribution in [3.05, 3.63) is 12.7 Å². The average molecular weight is 321 g/mol. The van der Waals surface area contributed by atoms with Gasteiger partial charge in [0.1, 0.15) is 0 Å². The summed E-state index contributed by atoms with van der Waals surface area (Å²) in [6, 6.07) is 0. The van der Waals surface area contributed by atoms with Crippen LogP contribution in [0.1, 0.15) is 80.1 Å². The van der Waals surface area contributed by atoms with Crippen LogP contribution in [-0.4, -0.2) is 17.5 Å². The monoisotopic (exact) mass is 320 g/mol. The maximum atomic E-state index is 6.63. The van der Waals surface area contributed by atoms with Gasteiger partial charge in [0.05, 0.1) is 11.7 Å². The summed E-state index contributed by atoms with van der Waals surface area (Å²) in [5.74, 6) is 1.10. The van der Waals surface area contributed by atoms with E-state index in [1.807, 2.05) is 6.08 Å². The van der Waals surface area contributed by atoms with Gasteiger partial charge >= 0.3 is 0 Å². The smallest absolute Gasteiger partial charge is 0.167 e. The molecule has 1 saturated heterocycles. The zero-order valence-electron chi connectivity index (χ0n) is 16.1. The molecule has 3 aliphatic rings. The van der Waals surface area contributed by atoms with Crippen molar-refractivity contribution in [1.82, 2.24) is 0 Å². The summed E-state index contributed by atoms with van der Waals surface area (Å²) < 4.78 is 13.2. The van der Waals surface area contributed by atoms with Crippen LogP contribution < -0.4 is 0 Å². The third kappa shape index (κ3) is 2.70. The van der Waals surface area contributed by atoms with Crippen molar-refractivity contribution in [3.8, 4) is 0 Å². The van der Waals surface area contributed by atoms with Gasteiger partial charge in [-0.25, -0.2) is 0 Å². The molecule has 0 radical (unpaired) electrons. The zero-order chi connectivity index (χ0) is 17.1. The van der Waals surface area contributed by atoms with Crippen molar-refractivity contribution in [3.63, 3.8) is 0 Å². The largest absolute Gasteiger partial charge is 0.344 e. The van der Waals surface area contributed by atoms with Gasteiger partial charge in [-0.05, 0) is 68.6 Å². The fraction of sp³-hybridized carbons (Fsp3) is 0.905. The van der Waals surface area contributed by atoms with Gasteiger partial charge in [-0.1, -0.05) is 33.8 Å². The van der Waals surface area contributed by atoms with Gasteiger partial charge in [0, 0.05) is 6.42 Å². The molecule has 0 aromatic rings. The van der Waals surface area contributed by atoms with Crippen LogP contribution in [0, 0.1) is 22.7 Å². The van der Waals surface area contributed by atoms with E-state index in [1.165, 1.54) is 12.8 Å². The number of fused-ring (bicyclic) bond motifs is 2. The summed E-state index contributed by atoms with van der Waals surface area (Å²) in [7, 11) is 0. The molecule has 0 bridgehead atoms. The number of ether oxygens (including phenoxy) is 2. The Morgan fingerprint density at radius 2 is 1.83 bits per heavy atom. The maximum absolute atomic E-state index is 6.63. The van der Waals surface area contributed by atoms with E-state index in [2.05, 4.69) is 48.1 Å². The second-order valence-electron chi connectivity index (χ2n) is 9.89. The van der Waals surface area contributed by atoms with Crippen LogP contribution in [0.3, 0.4) is 0 Å². The normalized spacial score (nSPS) is 51.8. The lowest BCUT2D eigenvalue weighted by molar-refractivity contribution is -0.188. The van der Waals surface area contributed by atoms with Crippen LogP contribution in [0.15, 0.2) is 12.7 Å². The minimum absolute atomic E-state index is 0.160. The van der Waals surface area contributed by atoms with Gasteiger partial charge in [-0.3, -0.25) is 0 Å². The SMILES string of the molecule is C=CCC[C@@]1(C)O[C@H]2C[C@]3(C)[C@H](C)CC[C@H]3C(C)(C)C[C@@]2(C)O1. The van der Waals surface area contributed by atoms with Gasteiger partial charge in [0.2, 0.25) is 0 Å². The first kappa shape index (κ1) is 17.5. The van der Waals surface area contributed by atoms with E-state index < -0.39 is 5.79 Å². The Kier molecular flexibility index (Phi) is 4.05. The molecule has 2 aliphatic carbocycles. The van der Waals surface area contributed by atoms with E-state index >= 15 is 0 Å². The molecule has 3 rings (SSSR count). The van der Waals surface area contributed by atoms with Crippen molar-refractivity contribution in [2.45, 2.75) is 97.6 Å². The molecule has 0 N–H and O–H groups in total. The maximum Gasteiger partial charge on any atom is 0.167 e. The Morgan fingerprint density at radius 1 is 1.13 bits per heavy atom. The number of hydrogen-bond donors (Lipinski definition) is 0. The Hall–Kier alpha value is -0.340. The molecule has 0 amide bonds. The lowest BCUT2D eigenvalue weighted by atomic mass is 9.62. The third-order valence-corrected chi connectivity index (χ3v) is 7.51. The van der Waals surface area contributed by atoms with Crippen LogP contribution in [0.4, 0.5) is 0 Å². The van der Waals surface area contributed by atoms with Crippen LogP contribution in [-0.2, 0) is 9.47 Å². The van der Waals surface area contributed by atoms with Crippen LogP contribution >= 0.6 is 0 Å². The Labute approximate surface area is 143 Å². The predicted molar refractivity (Wildman–Crippen MR) is 95.2 cm³/mol. The lowest BCUT2D eigenvalue weighted by Crippen LogP contribution is -2.40. The molecule has 0 aromatic heterocycles. The number of allylic oxidation sites excluding steroid dienone is 1. The molecule has 23 heavy (non-hydrogen) atoms. The topological polar surface area (TPSA) is 18.5 Å². The Balaban J connectivity index is 1.93. The van der Waals surface area contributed by atoms with Crippen molar-refractivity contribution >= 4 is 0 Å². The molecule has 0 aromatic carbocycles. The molecule has 2 heteroatoms. The Morgan fingerprint density at radius 3 is 2.48 bits per heavy atom. The van der Waals surface area contributed by atoms with Gasteiger partial charge in [-0.2, -0.15) is 0 Å². The molecular weight excluding hydrogens is 284 g/mol. The third-order valence-electron chi connectivity index (χ3n) is 7.51. The zero-order valence-corrected chi connectivity index (χ0v) is 16.1. The predicted octanol–water partition coefficient (Wildman–Crippen LogP) is 5.72. The van der Waals surface area contributed by atoms with Gasteiger partial charge < -0.3 is 9.47 Å². The second-order valence-corrected chi connectivity index (χ2v) is 9.89. The summed E-state index contributed by atoms with van der Waals surface area (Å²) in [5.41, 5.74) is 0.515. The number of rotatable bonds is 3. The summed E-state index contributed by atoms with van der Waals surface area (Å²) in [6.07, 6.45) is 8.99. The first-order valence-corrected chi connectivity index (χ1v) is 9.54. The first-order valence-electron chi connectivity index (χ1n) is 9.54. The lowest BCUT2D eigenvalue weighted by Gasteiger charge is -2.43. The highest BCUT2D eigenvalue weighted by Crippen LogP contribution is 2.64. The van der Waals surface area contributed by atoms with E-state index in [0.717, 1.165) is 37.5 Å². The van der Waals surface area contributed by atoms with Crippen LogP contribution in [0.25, 0.3) is 0 Å². The van der Waals surface area contributed by atoms with E-state index in [0.29, 0.717) is 10.8 Å². The van der Waals surface area contributed by atoms with Crippen molar-refractivity contribution < 1.29 is 9.47 Å². The molecule has 132 valence electrons. The first-order chi connectivity index (χ1) is 10.5. The minimum atomic E-state index is -0.450. The quantitative estimate of drug-likeness (QED) is 0.620. The molecule has 1 aliphatic heterocycles. The van der Waals surface area contributed by atoms with E-state index in [-0.39, 0.29) is 11.7 Å². The van der Waals surface area contributed by atoms with E-state index in [9.17, 15) is 0 Å². The van der Waals surface area contributed by atoms with Crippen molar-refractivity contribution in [2.75, 3.05) is 0 Å². The standard InChI is InChI=1S/C21H36O2/c1-8-9-12-21(7)22-17-13-19(5)15(2)10-11-16(19)18(3,4)14-20(17,6)23-21/h8,15-17H,1,9-14H2,2-7H3/t15-,16+,17+,19-,20-,21+/m1/s1.